The van der Waals surface area contributed by atoms with Gasteiger partial charge in [0, 0.05) is 30.1 Å². The van der Waals surface area contributed by atoms with Crippen molar-refractivity contribution in [3.05, 3.63) is 77.7 Å². The van der Waals surface area contributed by atoms with E-state index in [1.807, 2.05) is 25.1 Å². The van der Waals surface area contributed by atoms with Gasteiger partial charge < -0.3 is 14.4 Å². The summed E-state index contributed by atoms with van der Waals surface area (Å²) < 4.78 is 25.9. The first-order valence-corrected chi connectivity index (χ1v) is 9.57. The molecule has 0 saturated heterocycles. The van der Waals surface area contributed by atoms with Gasteiger partial charge in [0.2, 0.25) is 0 Å². The van der Waals surface area contributed by atoms with Gasteiger partial charge in [-0.15, -0.1) is 0 Å². The summed E-state index contributed by atoms with van der Waals surface area (Å²) in [5.74, 6) is 0.270. The minimum atomic E-state index is -0.378. The highest BCUT2D eigenvalue weighted by atomic mass is 32.1. The first kappa shape index (κ1) is 18.7. The molecular weight excluding hydrogens is 389 g/mol. The van der Waals surface area contributed by atoms with Gasteiger partial charge in [-0.1, -0.05) is 11.2 Å². The molecule has 4 rings (SSSR count). The molecule has 4 aromatic rings. The van der Waals surface area contributed by atoms with E-state index in [0.29, 0.717) is 29.2 Å². The van der Waals surface area contributed by atoms with E-state index >= 15 is 0 Å². The number of aromatic nitrogens is 3. The second kappa shape index (κ2) is 8.12. The van der Waals surface area contributed by atoms with Gasteiger partial charge in [-0.3, -0.25) is 0 Å². The van der Waals surface area contributed by atoms with Crippen LogP contribution in [0.2, 0.25) is 0 Å². The van der Waals surface area contributed by atoms with Crippen LogP contribution in [0.4, 0.5) is 9.39 Å². The molecule has 0 aliphatic carbocycles. The van der Waals surface area contributed by atoms with Crippen LogP contribution >= 0.6 is 11.5 Å². The van der Waals surface area contributed by atoms with E-state index in [2.05, 4.69) is 14.8 Å². The molecule has 1 aromatic carbocycles. The minimum Gasteiger partial charge on any atom is -0.368 e. The maximum absolute atomic E-state index is 14.7. The normalized spacial score (nSPS) is 11.1. The number of allylic oxidation sites excluding steroid dienone is 1. The fourth-order valence-electron chi connectivity index (χ4n) is 2.82. The van der Waals surface area contributed by atoms with Crippen molar-refractivity contribution in [1.29, 1.82) is 5.26 Å². The minimum absolute atomic E-state index is 0.378. The maximum Gasteiger partial charge on any atom is 0.156 e. The zero-order chi connectivity index (χ0) is 20.2. The lowest BCUT2D eigenvalue weighted by Gasteiger charge is -2.06. The van der Waals surface area contributed by atoms with Crippen LogP contribution in [-0.2, 0) is 6.54 Å². The topological polar surface area (TPSA) is 79.7 Å². The molecule has 0 fully saturated rings. The number of nitrogens with zero attached hydrogens (tertiary/aromatic N) is 4. The lowest BCUT2D eigenvalue weighted by atomic mass is 10.1. The molecule has 8 heteroatoms. The molecule has 0 unspecified atom stereocenters. The Morgan fingerprint density at radius 1 is 1.31 bits per heavy atom. The second-order valence-electron chi connectivity index (χ2n) is 6.35. The fraction of sp³-hybridized carbons (Fsp3) is 0.0952. The summed E-state index contributed by atoms with van der Waals surface area (Å²) in [6.07, 6.45) is 6.55. The Kier molecular flexibility index (Phi) is 5.22. The standard InChI is InChI=1S/C21H16FN5OS/c1-14-9-21(29-26-14)24-12-17-11-19(25-28-17)16-4-5-20(18(22)10-16)27-8-6-15(13-27)3-2-7-23/h2-6,8-11,13,24H,12H2,1H3/b3-2+. The molecule has 29 heavy (non-hydrogen) atoms. The molecule has 3 heterocycles. The summed E-state index contributed by atoms with van der Waals surface area (Å²) in [5.41, 5.74) is 3.39. The first-order valence-electron chi connectivity index (χ1n) is 8.79. The van der Waals surface area contributed by atoms with Crippen molar-refractivity contribution in [1.82, 2.24) is 14.1 Å². The van der Waals surface area contributed by atoms with Crippen molar-refractivity contribution in [2.75, 3.05) is 5.32 Å². The average molecular weight is 405 g/mol. The smallest absolute Gasteiger partial charge is 0.156 e. The lowest BCUT2D eigenvalue weighted by molar-refractivity contribution is 0.390. The number of aryl methyl sites for hydroxylation is 1. The van der Waals surface area contributed by atoms with Crippen LogP contribution in [-0.4, -0.2) is 14.1 Å². The summed E-state index contributed by atoms with van der Waals surface area (Å²) in [6.45, 7) is 2.40. The van der Waals surface area contributed by atoms with E-state index in [9.17, 15) is 4.39 Å². The number of hydrogen-bond donors (Lipinski definition) is 1. The van der Waals surface area contributed by atoms with Crippen molar-refractivity contribution >= 4 is 22.6 Å². The quantitative estimate of drug-likeness (QED) is 0.447. The van der Waals surface area contributed by atoms with Crippen LogP contribution in [0, 0.1) is 24.1 Å². The molecule has 144 valence electrons. The van der Waals surface area contributed by atoms with Crippen molar-refractivity contribution in [2.24, 2.45) is 0 Å². The molecule has 0 radical (unpaired) electrons. The molecule has 0 amide bonds. The molecular formula is C21H16FN5OS. The highest BCUT2D eigenvalue weighted by Crippen LogP contribution is 2.25. The Hall–Kier alpha value is -3.70. The largest absolute Gasteiger partial charge is 0.368 e. The van der Waals surface area contributed by atoms with Gasteiger partial charge in [0.15, 0.2) is 5.76 Å². The van der Waals surface area contributed by atoms with Gasteiger partial charge in [0.25, 0.3) is 0 Å². The monoisotopic (exact) mass is 405 g/mol. The second-order valence-corrected chi connectivity index (χ2v) is 7.15. The maximum atomic E-state index is 14.7. The Balaban J connectivity index is 1.49. The SMILES string of the molecule is Cc1cc(NCc2cc(-c3ccc(-n4ccc(/C=C/C#N)c4)c(F)c3)no2)sn1. The van der Waals surface area contributed by atoms with Gasteiger partial charge in [-0.05, 0) is 54.4 Å². The van der Waals surface area contributed by atoms with Gasteiger partial charge in [0.05, 0.1) is 24.0 Å². The lowest BCUT2D eigenvalue weighted by Crippen LogP contribution is -1.95. The van der Waals surface area contributed by atoms with Gasteiger partial charge in [-0.25, -0.2) is 4.39 Å². The predicted molar refractivity (Wildman–Crippen MR) is 110 cm³/mol. The van der Waals surface area contributed by atoms with E-state index in [4.69, 9.17) is 9.78 Å². The van der Waals surface area contributed by atoms with Gasteiger partial charge in [0.1, 0.15) is 16.5 Å². The Morgan fingerprint density at radius 2 is 2.21 bits per heavy atom. The number of nitriles is 1. The zero-order valence-corrected chi connectivity index (χ0v) is 16.3. The zero-order valence-electron chi connectivity index (χ0n) is 15.5. The Morgan fingerprint density at radius 3 is 2.97 bits per heavy atom. The van der Waals surface area contributed by atoms with Crippen molar-refractivity contribution in [3.63, 3.8) is 0 Å². The third-order valence-electron chi connectivity index (χ3n) is 4.21. The average Bonchev–Trinajstić information content (AvgIpc) is 3.46. The van der Waals surface area contributed by atoms with Crippen LogP contribution in [0.5, 0.6) is 0 Å². The summed E-state index contributed by atoms with van der Waals surface area (Å²) in [6, 6.07) is 12.4. The third kappa shape index (κ3) is 4.25. The van der Waals surface area contributed by atoms with E-state index in [1.54, 1.807) is 41.2 Å². The van der Waals surface area contributed by atoms with E-state index < -0.39 is 0 Å². The van der Waals surface area contributed by atoms with Crippen LogP contribution < -0.4 is 5.32 Å². The molecule has 0 atom stereocenters. The number of anilines is 1. The summed E-state index contributed by atoms with van der Waals surface area (Å²) in [4.78, 5) is 0. The highest BCUT2D eigenvalue weighted by Gasteiger charge is 2.11. The number of benzene rings is 1. The van der Waals surface area contributed by atoms with Gasteiger partial charge in [-0.2, -0.15) is 9.64 Å². The molecule has 0 aliphatic heterocycles. The number of hydrogen-bond acceptors (Lipinski definition) is 6. The molecule has 3 aromatic heterocycles. The molecule has 0 spiro atoms. The van der Waals surface area contributed by atoms with E-state index in [0.717, 1.165) is 16.3 Å². The highest BCUT2D eigenvalue weighted by molar-refractivity contribution is 7.10. The van der Waals surface area contributed by atoms with Crippen LogP contribution in [0.25, 0.3) is 23.0 Å². The molecule has 6 nitrogen and oxygen atoms in total. The summed E-state index contributed by atoms with van der Waals surface area (Å²) in [5, 5.41) is 16.8. The first-order chi connectivity index (χ1) is 14.1. The molecule has 0 aliphatic rings. The summed E-state index contributed by atoms with van der Waals surface area (Å²) in [7, 11) is 0. The molecule has 0 bridgehead atoms. The molecule has 1 N–H and O–H groups in total. The van der Waals surface area contributed by atoms with Crippen LogP contribution in [0.1, 0.15) is 17.0 Å². The van der Waals surface area contributed by atoms with Crippen molar-refractivity contribution in [3.8, 4) is 23.0 Å². The van der Waals surface area contributed by atoms with E-state index in [-0.39, 0.29) is 5.82 Å². The molecule has 0 saturated carbocycles. The van der Waals surface area contributed by atoms with Crippen LogP contribution in [0.3, 0.4) is 0 Å². The Labute approximate surface area is 170 Å². The van der Waals surface area contributed by atoms with Crippen molar-refractivity contribution in [2.45, 2.75) is 13.5 Å². The fourth-order valence-corrected chi connectivity index (χ4v) is 3.48. The summed E-state index contributed by atoms with van der Waals surface area (Å²) >= 11 is 1.38. The van der Waals surface area contributed by atoms with Gasteiger partial charge >= 0.3 is 0 Å². The third-order valence-corrected chi connectivity index (χ3v) is 5.05. The predicted octanol–water partition coefficient (Wildman–Crippen LogP) is 5.19. The Bertz CT molecular complexity index is 1210. The number of rotatable bonds is 6. The number of halogens is 1. The van der Waals surface area contributed by atoms with Crippen molar-refractivity contribution < 1.29 is 8.91 Å². The number of nitrogens with one attached hydrogen (secondary N) is 1. The van der Waals surface area contributed by atoms with E-state index in [1.165, 1.54) is 23.7 Å². The van der Waals surface area contributed by atoms with Crippen LogP contribution in [0.15, 0.2) is 59.4 Å².